The van der Waals surface area contributed by atoms with E-state index in [1.807, 2.05) is 21.1 Å². The first-order chi connectivity index (χ1) is 3.48. The minimum atomic E-state index is -0.657. The van der Waals surface area contributed by atoms with E-state index in [9.17, 15) is 0 Å². The van der Waals surface area contributed by atoms with Crippen LogP contribution < -0.4 is 0 Å². The SMILES string of the molecule is C[N+](C)(C)C(O)CO. The highest BCUT2D eigenvalue weighted by Crippen LogP contribution is 1.95. The Hall–Kier alpha value is -0.120. The molecule has 0 saturated carbocycles. The Morgan fingerprint density at radius 3 is 1.75 bits per heavy atom. The van der Waals surface area contributed by atoms with Crippen LogP contribution in [0.5, 0.6) is 0 Å². The van der Waals surface area contributed by atoms with Crippen LogP contribution in [0, 0.1) is 0 Å². The highest BCUT2D eigenvalue weighted by atomic mass is 16.3. The summed E-state index contributed by atoms with van der Waals surface area (Å²) in [6.07, 6.45) is -0.657. The number of aliphatic hydroxyl groups excluding tert-OH is 2. The van der Waals surface area contributed by atoms with E-state index in [2.05, 4.69) is 0 Å². The fraction of sp³-hybridized carbons (Fsp3) is 1.00. The summed E-state index contributed by atoms with van der Waals surface area (Å²) in [5.74, 6) is 0. The van der Waals surface area contributed by atoms with E-state index in [0.717, 1.165) is 0 Å². The lowest BCUT2D eigenvalue weighted by Gasteiger charge is -2.28. The average molecular weight is 120 g/mol. The number of nitrogens with zero attached hydrogens (tertiary/aromatic N) is 1. The van der Waals surface area contributed by atoms with E-state index >= 15 is 0 Å². The Balaban J connectivity index is 3.62. The Kier molecular flexibility index (Phi) is 2.40. The zero-order valence-electron chi connectivity index (χ0n) is 5.63. The van der Waals surface area contributed by atoms with Crippen LogP contribution in [-0.4, -0.2) is 48.7 Å². The molecule has 0 heterocycles. The molecule has 8 heavy (non-hydrogen) atoms. The second kappa shape index (κ2) is 2.44. The lowest BCUT2D eigenvalue weighted by Crippen LogP contribution is -2.47. The van der Waals surface area contributed by atoms with Crippen molar-refractivity contribution < 1.29 is 14.7 Å². The van der Waals surface area contributed by atoms with Crippen LogP contribution >= 0.6 is 0 Å². The molecule has 0 aliphatic rings. The van der Waals surface area contributed by atoms with E-state index in [4.69, 9.17) is 10.2 Å². The van der Waals surface area contributed by atoms with Gasteiger partial charge in [0, 0.05) is 0 Å². The van der Waals surface area contributed by atoms with Gasteiger partial charge in [0.2, 0.25) is 6.23 Å². The summed E-state index contributed by atoms with van der Waals surface area (Å²) < 4.78 is 0.385. The highest BCUT2D eigenvalue weighted by Gasteiger charge is 2.17. The first kappa shape index (κ1) is 7.88. The van der Waals surface area contributed by atoms with Crippen molar-refractivity contribution >= 4 is 0 Å². The smallest absolute Gasteiger partial charge is 0.213 e. The van der Waals surface area contributed by atoms with E-state index in [1.54, 1.807) is 0 Å². The van der Waals surface area contributed by atoms with E-state index in [0.29, 0.717) is 4.48 Å². The van der Waals surface area contributed by atoms with Gasteiger partial charge in [0.15, 0.2) is 0 Å². The van der Waals surface area contributed by atoms with Gasteiger partial charge in [0.1, 0.15) is 6.61 Å². The quantitative estimate of drug-likeness (QED) is 0.362. The molecule has 3 nitrogen and oxygen atoms in total. The van der Waals surface area contributed by atoms with Gasteiger partial charge in [0.25, 0.3) is 0 Å². The maximum atomic E-state index is 8.92. The molecule has 0 radical (unpaired) electrons. The summed E-state index contributed by atoms with van der Waals surface area (Å²) in [4.78, 5) is 0. The fourth-order valence-electron chi connectivity index (χ4n) is 0.245. The number of likely N-dealkylation sites (N-methyl/N-ethyl adjacent to an activating group) is 1. The van der Waals surface area contributed by atoms with Crippen molar-refractivity contribution in [2.45, 2.75) is 6.23 Å². The molecule has 50 valence electrons. The number of hydrogen-bond acceptors (Lipinski definition) is 2. The van der Waals surface area contributed by atoms with Gasteiger partial charge >= 0.3 is 0 Å². The van der Waals surface area contributed by atoms with Crippen LogP contribution in [0.25, 0.3) is 0 Å². The van der Waals surface area contributed by atoms with Gasteiger partial charge < -0.3 is 14.7 Å². The molecule has 0 aromatic heterocycles. The zero-order valence-corrected chi connectivity index (χ0v) is 5.63. The minimum absolute atomic E-state index is 0.177. The number of hydrogen-bond donors (Lipinski definition) is 2. The number of quaternary nitrogens is 1. The lowest BCUT2D eigenvalue weighted by molar-refractivity contribution is -0.919. The van der Waals surface area contributed by atoms with Crippen molar-refractivity contribution in [3.8, 4) is 0 Å². The molecule has 0 aliphatic heterocycles. The minimum Gasteiger partial charge on any atom is -0.387 e. The standard InChI is InChI=1S/C5H14NO2/c1-6(2,3)5(8)4-7/h5,7-8H,4H2,1-3H3/q+1. The summed E-state index contributed by atoms with van der Waals surface area (Å²) in [6, 6.07) is 0. The van der Waals surface area contributed by atoms with Crippen LogP contribution in [0.4, 0.5) is 0 Å². The van der Waals surface area contributed by atoms with Crippen molar-refractivity contribution in [3.05, 3.63) is 0 Å². The zero-order chi connectivity index (χ0) is 6.78. The van der Waals surface area contributed by atoms with Crippen LogP contribution in [0.2, 0.25) is 0 Å². The predicted molar refractivity (Wildman–Crippen MR) is 31.1 cm³/mol. The van der Waals surface area contributed by atoms with E-state index in [-0.39, 0.29) is 6.61 Å². The second-order valence-electron chi connectivity index (χ2n) is 2.78. The van der Waals surface area contributed by atoms with Crippen LogP contribution in [0.1, 0.15) is 0 Å². The molecule has 0 aliphatic carbocycles. The first-order valence-electron chi connectivity index (χ1n) is 2.58. The maximum absolute atomic E-state index is 8.92. The van der Waals surface area contributed by atoms with Crippen molar-refractivity contribution in [3.63, 3.8) is 0 Å². The van der Waals surface area contributed by atoms with Crippen molar-refractivity contribution in [2.24, 2.45) is 0 Å². The van der Waals surface area contributed by atoms with E-state index in [1.165, 1.54) is 0 Å². The molecule has 0 amide bonds. The molecular formula is C5H14NO2+. The third-order valence-corrected chi connectivity index (χ3v) is 1.06. The maximum Gasteiger partial charge on any atom is 0.213 e. The molecule has 3 heteroatoms. The summed E-state index contributed by atoms with van der Waals surface area (Å²) in [6.45, 7) is -0.177. The summed E-state index contributed by atoms with van der Waals surface area (Å²) >= 11 is 0. The molecule has 0 aromatic carbocycles. The Morgan fingerprint density at radius 2 is 1.75 bits per heavy atom. The molecule has 0 rings (SSSR count). The Bertz CT molecular complexity index is 67.3. The lowest BCUT2D eigenvalue weighted by atomic mass is 10.5. The van der Waals surface area contributed by atoms with Gasteiger partial charge in [-0.2, -0.15) is 0 Å². The number of rotatable bonds is 2. The molecule has 0 aromatic rings. The molecule has 2 N–H and O–H groups in total. The summed E-state index contributed by atoms with van der Waals surface area (Å²) in [5, 5.41) is 17.3. The monoisotopic (exact) mass is 120 g/mol. The van der Waals surface area contributed by atoms with Crippen molar-refractivity contribution in [2.75, 3.05) is 27.7 Å². The third kappa shape index (κ3) is 2.26. The highest BCUT2D eigenvalue weighted by molar-refractivity contribution is 4.30. The molecule has 0 bridgehead atoms. The number of aliphatic hydroxyl groups is 2. The van der Waals surface area contributed by atoms with Gasteiger partial charge in [-0.15, -0.1) is 0 Å². The van der Waals surface area contributed by atoms with Crippen molar-refractivity contribution in [1.29, 1.82) is 0 Å². The molecule has 1 unspecified atom stereocenters. The third-order valence-electron chi connectivity index (χ3n) is 1.06. The largest absolute Gasteiger partial charge is 0.387 e. The van der Waals surface area contributed by atoms with Gasteiger partial charge in [-0.25, -0.2) is 0 Å². The van der Waals surface area contributed by atoms with Gasteiger partial charge in [-0.1, -0.05) is 0 Å². The average Bonchev–Trinajstić information content (AvgIpc) is 1.62. The Morgan fingerprint density at radius 1 is 1.38 bits per heavy atom. The predicted octanol–water partition coefficient (Wildman–Crippen LogP) is -0.997. The molecule has 0 saturated heterocycles. The van der Waals surface area contributed by atoms with Crippen LogP contribution in [0.3, 0.4) is 0 Å². The van der Waals surface area contributed by atoms with Crippen molar-refractivity contribution in [1.82, 2.24) is 0 Å². The van der Waals surface area contributed by atoms with Gasteiger partial charge in [0.05, 0.1) is 21.1 Å². The summed E-state index contributed by atoms with van der Waals surface area (Å²) in [5.41, 5.74) is 0. The Labute approximate surface area is 49.8 Å². The second-order valence-corrected chi connectivity index (χ2v) is 2.78. The first-order valence-corrected chi connectivity index (χ1v) is 2.58. The molecule has 0 fully saturated rings. The van der Waals surface area contributed by atoms with E-state index < -0.39 is 6.23 Å². The van der Waals surface area contributed by atoms with Gasteiger partial charge in [-0.3, -0.25) is 0 Å². The molecule has 1 atom stereocenters. The topological polar surface area (TPSA) is 40.5 Å². The summed E-state index contributed by atoms with van der Waals surface area (Å²) in [7, 11) is 5.46. The fourth-order valence-corrected chi connectivity index (χ4v) is 0.245. The normalized spacial score (nSPS) is 16.1. The van der Waals surface area contributed by atoms with Gasteiger partial charge in [-0.05, 0) is 0 Å². The molecular weight excluding hydrogens is 106 g/mol. The van der Waals surface area contributed by atoms with Crippen LogP contribution in [-0.2, 0) is 0 Å². The molecule has 0 spiro atoms. The van der Waals surface area contributed by atoms with Crippen LogP contribution in [0.15, 0.2) is 0 Å².